The minimum Gasteiger partial charge on any atom is -0.339 e. The molecule has 0 radical (unpaired) electrons. The van der Waals surface area contributed by atoms with Crippen LogP contribution in [-0.2, 0) is 0 Å². The van der Waals surface area contributed by atoms with Crippen molar-refractivity contribution in [2.24, 2.45) is 11.7 Å². The molecule has 3 nitrogen and oxygen atoms in total. The van der Waals surface area contributed by atoms with E-state index in [1.165, 1.54) is 12.1 Å². The summed E-state index contributed by atoms with van der Waals surface area (Å²) in [6.45, 7) is 2.24. The molecule has 0 aliphatic heterocycles. The summed E-state index contributed by atoms with van der Waals surface area (Å²) < 4.78 is 13.9. The number of nitrogens with zero attached hydrogens (tertiary/aromatic N) is 1. The van der Waals surface area contributed by atoms with Gasteiger partial charge in [0.25, 0.3) is 5.91 Å². The van der Waals surface area contributed by atoms with Crippen molar-refractivity contribution >= 4 is 5.91 Å². The molecule has 4 heteroatoms. The van der Waals surface area contributed by atoms with Crippen molar-refractivity contribution in [2.75, 3.05) is 13.6 Å². The molecule has 1 fully saturated rings. The lowest BCUT2D eigenvalue weighted by atomic mass is 10.1. The largest absolute Gasteiger partial charge is 0.339 e. The van der Waals surface area contributed by atoms with Crippen LogP contribution in [0.1, 0.15) is 35.7 Å². The number of nitrogens with two attached hydrogens (primary N) is 1. The molecule has 2 rings (SSSR count). The lowest BCUT2D eigenvalue weighted by Crippen LogP contribution is -2.36. The fourth-order valence-electron chi connectivity index (χ4n) is 2.19. The van der Waals surface area contributed by atoms with E-state index in [1.807, 2.05) is 6.92 Å². The van der Waals surface area contributed by atoms with E-state index >= 15 is 0 Å². The second kappa shape index (κ2) is 6.06. The van der Waals surface area contributed by atoms with Crippen LogP contribution in [0.25, 0.3) is 0 Å². The van der Waals surface area contributed by atoms with Crippen LogP contribution in [0.5, 0.6) is 0 Å². The average molecular weight is 274 g/mol. The van der Waals surface area contributed by atoms with Crippen LogP contribution in [0.2, 0.25) is 0 Å². The van der Waals surface area contributed by atoms with Crippen LogP contribution < -0.4 is 5.73 Å². The van der Waals surface area contributed by atoms with Crippen molar-refractivity contribution in [3.63, 3.8) is 0 Å². The molecule has 1 aliphatic carbocycles. The van der Waals surface area contributed by atoms with Gasteiger partial charge in [-0.15, -0.1) is 0 Å². The third kappa shape index (κ3) is 3.17. The standard InChI is InChI=1S/C16H19FN2O/c1-11(13-6-7-13)19(2)16(20)14-10-12(4-3-9-18)5-8-15(14)17/h5,8,10-11,13H,6-7,9,18H2,1-2H3. The Bertz CT molecular complexity index is 570. The zero-order valence-electron chi connectivity index (χ0n) is 11.8. The molecule has 1 unspecified atom stereocenters. The Labute approximate surface area is 119 Å². The molecule has 1 amide bonds. The Kier molecular flexibility index (Phi) is 4.41. The van der Waals surface area contributed by atoms with Gasteiger partial charge in [-0.3, -0.25) is 4.79 Å². The molecule has 0 aromatic heterocycles. The van der Waals surface area contributed by atoms with Crippen LogP contribution in [0.15, 0.2) is 18.2 Å². The van der Waals surface area contributed by atoms with E-state index < -0.39 is 5.82 Å². The van der Waals surface area contributed by atoms with Crippen LogP contribution in [-0.4, -0.2) is 30.4 Å². The predicted octanol–water partition coefficient (Wildman–Crippen LogP) is 2.01. The number of hydrogen-bond acceptors (Lipinski definition) is 2. The smallest absolute Gasteiger partial charge is 0.256 e. The van der Waals surface area contributed by atoms with Gasteiger partial charge in [0.15, 0.2) is 0 Å². The van der Waals surface area contributed by atoms with Gasteiger partial charge in [-0.1, -0.05) is 11.8 Å². The number of amides is 1. The third-order valence-electron chi connectivity index (χ3n) is 3.77. The lowest BCUT2D eigenvalue weighted by molar-refractivity contribution is 0.0722. The van der Waals surface area contributed by atoms with E-state index in [0.29, 0.717) is 11.5 Å². The van der Waals surface area contributed by atoms with Gasteiger partial charge in [-0.2, -0.15) is 0 Å². The van der Waals surface area contributed by atoms with E-state index in [4.69, 9.17) is 5.73 Å². The summed E-state index contributed by atoms with van der Waals surface area (Å²) in [5.74, 6) is 5.26. The van der Waals surface area contributed by atoms with Crippen LogP contribution in [0.3, 0.4) is 0 Å². The monoisotopic (exact) mass is 274 g/mol. The number of hydrogen-bond donors (Lipinski definition) is 1. The van der Waals surface area contributed by atoms with Crippen molar-refractivity contribution in [3.05, 3.63) is 35.1 Å². The summed E-state index contributed by atoms with van der Waals surface area (Å²) in [5.41, 5.74) is 5.99. The molecule has 1 aliphatic rings. The zero-order chi connectivity index (χ0) is 14.7. The van der Waals surface area contributed by atoms with Gasteiger partial charge in [0.2, 0.25) is 0 Å². The van der Waals surface area contributed by atoms with Crippen LogP contribution in [0.4, 0.5) is 4.39 Å². The molecule has 1 saturated carbocycles. The zero-order valence-corrected chi connectivity index (χ0v) is 11.8. The highest BCUT2D eigenvalue weighted by atomic mass is 19.1. The molecule has 1 atom stereocenters. The van der Waals surface area contributed by atoms with Gasteiger partial charge in [-0.05, 0) is 43.9 Å². The molecular weight excluding hydrogens is 255 g/mol. The molecular formula is C16H19FN2O. The van der Waals surface area contributed by atoms with Crippen molar-refractivity contribution in [1.82, 2.24) is 4.90 Å². The van der Waals surface area contributed by atoms with Crippen molar-refractivity contribution in [3.8, 4) is 11.8 Å². The molecule has 1 aromatic carbocycles. The van der Waals surface area contributed by atoms with E-state index in [1.54, 1.807) is 18.0 Å². The summed E-state index contributed by atoms with van der Waals surface area (Å²) >= 11 is 0. The summed E-state index contributed by atoms with van der Waals surface area (Å²) in [7, 11) is 1.73. The number of rotatable bonds is 3. The Balaban J connectivity index is 2.23. The molecule has 0 saturated heterocycles. The maximum atomic E-state index is 13.9. The first-order valence-corrected chi connectivity index (χ1v) is 6.80. The fourth-order valence-corrected chi connectivity index (χ4v) is 2.19. The highest BCUT2D eigenvalue weighted by Gasteiger charge is 2.33. The van der Waals surface area contributed by atoms with E-state index in [2.05, 4.69) is 11.8 Å². The summed E-state index contributed by atoms with van der Waals surface area (Å²) in [5, 5.41) is 0. The van der Waals surface area contributed by atoms with E-state index in [0.717, 1.165) is 12.8 Å². The number of benzene rings is 1. The summed E-state index contributed by atoms with van der Waals surface area (Å²) in [6, 6.07) is 4.47. The number of halogens is 1. The quantitative estimate of drug-likeness (QED) is 0.857. The number of carbonyl (C=O) groups is 1. The van der Waals surface area contributed by atoms with Gasteiger partial charge < -0.3 is 10.6 Å². The van der Waals surface area contributed by atoms with Crippen molar-refractivity contribution in [2.45, 2.75) is 25.8 Å². The predicted molar refractivity (Wildman–Crippen MR) is 76.6 cm³/mol. The molecule has 2 N–H and O–H groups in total. The normalized spacial score (nSPS) is 15.2. The molecule has 0 heterocycles. The molecule has 0 bridgehead atoms. The van der Waals surface area contributed by atoms with Gasteiger partial charge in [0.1, 0.15) is 5.82 Å². The van der Waals surface area contributed by atoms with Crippen LogP contribution >= 0.6 is 0 Å². The highest BCUT2D eigenvalue weighted by Crippen LogP contribution is 2.35. The van der Waals surface area contributed by atoms with Gasteiger partial charge in [0, 0.05) is 18.7 Å². The Morgan fingerprint density at radius 3 is 2.85 bits per heavy atom. The minimum atomic E-state index is -0.511. The van der Waals surface area contributed by atoms with Gasteiger partial charge >= 0.3 is 0 Å². The third-order valence-corrected chi connectivity index (χ3v) is 3.77. The lowest BCUT2D eigenvalue weighted by Gasteiger charge is -2.25. The van der Waals surface area contributed by atoms with E-state index in [9.17, 15) is 9.18 Å². The van der Waals surface area contributed by atoms with Crippen LogP contribution in [0, 0.1) is 23.6 Å². The second-order valence-corrected chi connectivity index (χ2v) is 5.19. The molecule has 20 heavy (non-hydrogen) atoms. The first-order valence-electron chi connectivity index (χ1n) is 6.80. The van der Waals surface area contributed by atoms with Crippen molar-refractivity contribution < 1.29 is 9.18 Å². The van der Waals surface area contributed by atoms with Crippen molar-refractivity contribution in [1.29, 1.82) is 0 Å². The van der Waals surface area contributed by atoms with Gasteiger partial charge in [-0.25, -0.2) is 4.39 Å². The number of carbonyl (C=O) groups excluding carboxylic acids is 1. The van der Waals surface area contributed by atoms with Gasteiger partial charge in [0.05, 0.1) is 12.1 Å². The summed E-state index contributed by atoms with van der Waals surface area (Å²) in [4.78, 5) is 14.0. The Hall–Kier alpha value is -1.86. The molecule has 106 valence electrons. The molecule has 0 spiro atoms. The minimum absolute atomic E-state index is 0.0730. The molecule has 1 aromatic rings. The maximum absolute atomic E-state index is 13.9. The second-order valence-electron chi connectivity index (χ2n) is 5.19. The first-order chi connectivity index (χ1) is 9.54. The topological polar surface area (TPSA) is 46.3 Å². The maximum Gasteiger partial charge on any atom is 0.256 e. The Morgan fingerprint density at radius 2 is 2.25 bits per heavy atom. The Morgan fingerprint density at radius 1 is 1.55 bits per heavy atom. The first kappa shape index (κ1) is 14.5. The highest BCUT2D eigenvalue weighted by molar-refractivity contribution is 5.95. The SMILES string of the molecule is CC(C1CC1)N(C)C(=O)c1cc(C#CCN)ccc1F. The van der Waals surface area contributed by atoms with E-state index in [-0.39, 0.29) is 24.1 Å². The fraction of sp³-hybridized carbons (Fsp3) is 0.438. The average Bonchev–Trinajstić information content (AvgIpc) is 3.28. The summed E-state index contributed by atoms with van der Waals surface area (Å²) in [6.07, 6.45) is 2.28.